The van der Waals surface area contributed by atoms with Crippen molar-refractivity contribution in [2.24, 2.45) is 0 Å². The van der Waals surface area contributed by atoms with E-state index in [2.05, 4.69) is 0 Å². The van der Waals surface area contributed by atoms with Gasteiger partial charge in [-0.1, -0.05) is 0 Å². The van der Waals surface area contributed by atoms with Crippen molar-refractivity contribution in [2.45, 2.75) is 0 Å². The first kappa shape index (κ1) is 23.7. The average molecular weight is 383 g/mol. The van der Waals surface area contributed by atoms with E-state index in [0.29, 0.717) is 0 Å². The van der Waals surface area contributed by atoms with Gasteiger partial charge in [0.05, 0.1) is 0 Å². The van der Waals surface area contributed by atoms with Gasteiger partial charge in [-0.15, -0.1) is 0 Å². The van der Waals surface area contributed by atoms with E-state index in [1.54, 1.807) is 0 Å². The topological polar surface area (TPSA) is 163 Å². The molecule has 3 N–H and O–H groups in total. The summed E-state index contributed by atoms with van der Waals surface area (Å²) >= 11 is 0. The van der Waals surface area contributed by atoms with Crippen LogP contribution in [0.25, 0.3) is 0 Å². The SMILES string of the molecule is O=[S-](=O)O.O=[S-](=O)O.O=[S-](=O)O.[Ce+3]. The summed E-state index contributed by atoms with van der Waals surface area (Å²) in [7, 11) is -8.58. The summed E-state index contributed by atoms with van der Waals surface area (Å²) in [6.07, 6.45) is 0. The molecule has 0 aromatic heterocycles. The van der Waals surface area contributed by atoms with Gasteiger partial charge in [0, 0.05) is 33.0 Å². The summed E-state index contributed by atoms with van der Waals surface area (Å²) in [5.41, 5.74) is 0. The number of hydrogen-bond acceptors (Lipinski definition) is 9. The van der Waals surface area contributed by atoms with Crippen molar-refractivity contribution in [3.63, 3.8) is 0 Å². The Morgan fingerprint density at radius 2 is 0.538 bits per heavy atom. The number of hydrogen-bond donors (Lipinski definition) is 3. The third-order valence-electron chi connectivity index (χ3n) is 0. The normalized spacial score (nSPS) is 7.85. The molecule has 0 aromatic carbocycles. The standard InChI is InChI=1S/Ce.3HO3S/c;3*1-4(2)3/h;3*(H,1,2,3)/q+3;3*-1. The quantitative estimate of drug-likeness (QED) is 0.279. The van der Waals surface area contributed by atoms with Gasteiger partial charge in [-0.25, -0.2) is 0 Å². The van der Waals surface area contributed by atoms with Crippen LogP contribution < -0.4 is 0 Å². The molecule has 0 rings (SSSR count). The van der Waals surface area contributed by atoms with Crippen molar-refractivity contribution >= 4 is 33.0 Å². The molecular weight excluding hydrogens is 380 g/mol. The summed E-state index contributed by atoms with van der Waals surface area (Å²) in [6, 6.07) is 0. The predicted molar refractivity (Wildman–Crippen MR) is 34.1 cm³/mol. The Kier molecular flexibility index (Phi) is 34.3. The van der Waals surface area contributed by atoms with Gasteiger partial charge < -0.3 is 38.9 Å². The van der Waals surface area contributed by atoms with Gasteiger partial charge in [0.1, 0.15) is 0 Å². The van der Waals surface area contributed by atoms with Gasteiger partial charge in [0.15, 0.2) is 0 Å². The Morgan fingerprint density at radius 3 is 0.538 bits per heavy atom. The Hall–Kier alpha value is 1.11. The Morgan fingerprint density at radius 1 is 0.538 bits per heavy atom. The molecule has 9 nitrogen and oxygen atoms in total. The van der Waals surface area contributed by atoms with Crippen molar-refractivity contribution in [3.8, 4) is 0 Å². The minimum atomic E-state index is -2.86. The second kappa shape index (κ2) is 18.8. The van der Waals surface area contributed by atoms with Gasteiger partial charge in [0.2, 0.25) is 0 Å². The maximum absolute atomic E-state index is 8.56. The summed E-state index contributed by atoms with van der Waals surface area (Å²) < 4.78 is 72.2. The van der Waals surface area contributed by atoms with Crippen LogP contribution in [0.4, 0.5) is 0 Å². The van der Waals surface area contributed by atoms with Gasteiger partial charge in [-0.05, 0) is 0 Å². The molecule has 0 saturated heterocycles. The predicted octanol–water partition coefficient (Wildman–Crippen LogP) is -0.694. The smallest absolute Gasteiger partial charge is 0.439 e. The molecule has 0 amide bonds. The molecule has 79 valence electrons. The summed E-state index contributed by atoms with van der Waals surface area (Å²) in [5, 5.41) is 0. The van der Waals surface area contributed by atoms with Crippen LogP contribution in [-0.2, 0) is 58.2 Å². The third kappa shape index (κ3) is 1320. The molecule has 0 bridgehead atoms. The molecule has 0 unspecified atom stereocenters. The molecule has 1 radical (unpaired) electrons. The third-order valence-corrected chi connectivity index (χ3v) is 0. The van der Waals surface area contributed by atoms with Gasteiger partial charge in [-0.3, -0.25) is 0 Å². The van der Waals surface area contributed by atoms with E-state index in [0.717, 1.165) is 0 Å². The molecule has 0 fully saturated rings. The maximum atomic E-state index is 8.56. The Labute approximate surface area is 112 Å². The van der Waals surface area contributed by atoms with E-state index in [4.69, 9.17) is 38.9 Å². The van der Waals surface area contributed by atoms with E-state index in [1.807, 2.05) is 0 Å². The minimum Gasteiger partial charge on any atom is -0.439 e. The molecule has 0 saturated carbocycles. The summed E-state index contributed by atoms with van der Waals surface area (Å²) in [6.45, 7) is 0. The van der Waals surface area contributed by atoms with Crippen LogP contribution in [0.3, 0.4) is 0 Å². The molecule has 0 aliphatic heterocycles. The molecule has 0 aliphatic carbocycles. The van der Waals surface area contributed by atoms with Crippen LogP contribution in [0.15, 0.2) is 0 Å². The summed E-state index contributed by atoms with van der Waals surface area (Å²) in [4.78, 5) is 0. The van der Waals surface area contributed by atoms with Crippen LogP contribution in [0.1, 0.15) is 0 Å². The van der Waals surface area contributed by atoms with Crippen molar-refractivity contribution < 1.29 is 80.7 Å². The first-order valence-corrected chi connectivity index (χ1v) is 4.64. The second-order valence-corrected chi connectivity index (χ2v) is 1.95. The van der Waals surface area contributed by atoms with Crippen LogP contribution in [-0.4, -0.2) is 13.7 Å². The van der Waals surface area contributed by atoms with Crippen molar-refractivity contribution in [1.82, 2.24) is 0 Å². The van der Waals surface area contributed by atoms with E-state index in [1.165, 1.54) is 0 Å². The second-order valence-electron chi connectivity index (χ2n) is 0.651. The fraction of sp³-hybridized carbons (Fsp3) is 0. The molecule has 0 heterocycles. The van der Waals surface area contributed by atoms with Crippen LogP contribution >= 0.6 is 0 Å². The molecule has 13 heteroatoms. The van der Waals surface area contributed by atoms with Crippen molar-refractivity contribution in [2.75, 3.05) is 0 Å². The van der Waals surface area contributed by atoms with Gasteiger partial charge in [-0.2, -0.15) is 0 Å². The fourth-order valence-corrected chi connectivity index (χ4v) is 0. The van der Waals surface area contributed by atoms with E-state index in [-0.39, 0.29) is 41.7 Å². The van der Waals surface area contributed by atoms with Crippen LogP contribution in [0.5, 0.6) is 0 Å². The minimum absolute atomic E-state index is 0. The Bertz CT molecular complexity index is 208. The largest absolute Gasteiger partial charge is 3.00 e. The Balaban J connectivity index is -0.0000000450. The fourth-order valence-electron chi connectivity index (χ4n) is 0. The maximum Gasteiger partial charge on any atom is 3.00 e. The van der Waals surface area contributed by atoms with Gasteiger partial charge >= 0.3 is 41.7 Å². The van der Waals surface area contributed by atoms with E-state index >= 15 is 0 Å². The summed E-state index contributed by atoms with van der Waals surface area (Å²) in [5.74, 6) is 0. The first-order valence-electron chi connectivity index (χ1n) is 1.55. The van der Waals surface area contributed by atoms with Gasteiger partial charge in [0.25, 0.3) is 0 Å². The molecule has 0 aliphatic rings. The molecule has 0 atom stereocenters. The van der Waals surface area contributed by atoms with Crippen LogP contribution in [0.2, 0.25) is 0 Å². The van der Waals surface area contributed by atoms with E-state index in [9.17, 15) is 0 Å². The zero-order chi connectivity index (χ0) is 10.7. The zero-order valence-electron chi connectivity index (χ0n) is 5.52. The molecule has 0 aromatic rings. The van der Waals surface area contributed by atoms with E-state index < -0.39 is 33.0 Å². The van der Waals surface area contributed by atoms with Crippen molar-refractivity contribution in [3.05, 3.63) is 0 Å². The molecule has 13 heavy (non-hydrogen) atoms. The molecular formula is H3CeO9S3. The average Bonchev–Trinajstić information content (AvgIpc) is 1.54. The first-order chi connectivity index (χ1) is 5.20. The van der Waals surface area contributed by atoms with Crippen LogP contribution in [0, 0.1) is 41.7 Å². The monoisotopic (exact) mass is 383 g/mol. The zero-order valence-corrected chi connectivity index (χ0v) is 11.1. The molecule has 0 spiro atoms. The van der Waals surface area contributed by atoms with Crippen molar-refractivity contribution in [1.29, 1.82) is 0 Å². The number of rotatable bonds is 0.